The quantitative estimate of drug-likeness (QED) is 0.736. The largest absolute Gasteiger partial charge is 0.337 e. The van der Waals surface area contributed by atoms with Crippen LogP contribution in [0.3, 0.4) is 0 Å². The van der Waals surface area contributed by atoms with Crippen molar-refractivity contribution in [3.05, 3.63) is 53.0 Å². The normalized spacial score (nSPS) is 17.8. The smallest absolute Gasteiger partial charge is 0.0945 e. The topological polar surface area (TPSA) is 17.8 Å². The van der Waals surface area contributed by atoms with Crippen LogP contribution in [0.25, 0.3) is 0 Å². The number of rotatable bonds is 5. The first-order valence-electron chi connectivity index (χ1n) is 7.24. The van der Waals surface area contributed by atoms with E-state index in [0.717, 1.165) is 17.4 Å². The molecule has 1 fully saturated rings. The minimum absolute atomic E-state index is 0.316. The van der Waals surface area contributed by atoms with Crippen molar-refractivity contribution in [2.75, 3.05) is 11.5 Å². The van der Waals surface area contributed by atoms with Gasteiger partial charge in [0.2, 0.25) is 0 Å². The Morgan fingerprint density at radius 1 is 1.19 bits per heavy atom. The third kappa shape index (κ3) is 4.30. The van der Waals surface area contributed by atoms with Gasteiger partial charge in [-0.15, -0.1) is 23.5 Å². The number of halogens is 1. The van der Waals surface area contributed by atoms with Gasteiger partial charge in [-0.25, -0.2) is 4.98 Å². The van der Waals surface area contributed by atoms with Crippen LogP contribution in [-0.4, -0.2) is 25.1 Å². The molecule has 5 heteroatoms. The molecule has 2 heterocycles. The first-order chi connectivity index (χ1) is 10.3. The number of aryl methyl sites for hydroxylation is 1. The van der Waals surface area contributed by atoms with E-state index >= 15 is 0 Å². The molecule has 0 radical (unpaired) electrons. The van der Waals surface area contributed by atoms with Crippen LogP contribution < -0.4 is 0 Å². The lowest BCUT2D eigenvalue weighted by Crippen LogP contribution is -2.29. The number of thioether (sulfide) groups is 2. The van der Waals surface area contributed by atoms with Gasteiger partial charge in [-0.05, 0) is 48.5 Å². The molecule has 1 aromatic carbocycles. The lowest BCUT2D eigenvalue weighted by atomic mass is 10.1. The summed E-state index contributed by atoms with van der Waals surface area (Å²) in [5.41, 5.74) is 1.44. The Labute approximate surface area is 143 Å². The maximum atomic E-state index is 4.15. The zero-order chi connectivity index (χ0) is 14.5. The summed E-state index contributed by atoms with van der Waals surface area (Å²) < 4.78 is 3.66. The number of nitrogens with zero attached hydrogens (tertiary/aromatic N) is 2. The van der Waals surface area contributed by atoms with Crippen LogP contribution in [0.1, 0.15) is 18.4 Å². The van der Waals surface area contributed by atoms with E-state index in [1.165, 1.54) is 29.9 Å². The molecule has 0 N–H and O–H groups in total. The van der Waals surface area contributed by atoms with E-state index in [1.54, 1.807) is 0 Å². The number of hydrogen-bond donors (Lipinski definition) is 0. The number of imidazole rings is 1. The maximum absolute atomic E-state index is 4.15. The van der Waals surface area contributed by atoms with Crippen molar-refractivity contribution < 1.29 is 0 Å². The zero-order valence-electron chi connectivity index (χ0n) is 11.9. The summed E-state index contributed by atoms with van der Waals surface area (Å²) >= 11 is 7.82. The van der Waals surface area contributed by atoms with E-state index in [0.29, 0.717) is 4.08 Å². The van der Waals surface area contributed by atoms with Crippen molar-refractivity contribution in [3.63, 3.8) is 0 Å². The number of benzene rings is 1. The second kappa shape index (κ2) is 7.25. The fourth-order valence-corrected chi connectivity index (χ4v) is 6.19. The van der Waals surface area contributed by atoms with Crippen LogP contribution in [0.5, 0.6) is 0 Å². The summed E-state index contributed by atoms with van der Waals surface area (Å²) in [6.45, 7) is 1.05. The average Bonchev–Trinajstić information content (AvgIpc) is 3.02. The first kappa shape index (κ1) is 15.5. The molecule has 2 aromatic rings. The zero-order valence-corrected chi connectivity index (χ0v) is 15.1. The molecule has 0 saturated carbocycles. The summed E-state index contributed by atoms with van der Waals surface area (Å²) in [5.74, 6) is 2.57. The fourth-order valence-electron chi connectivity index (χ4n) is 2.58. The summed E-state index contributed by atoms with van der Waals surface area (Å²) in [6.07, 6.45) is 9.51. The molecule has 0 atom stereocenters. The minimum atomic E-state index is 0.316. The molecule has 0 bridgehead atoms. The van der Waals surface area contributed by atoms with Gasteiger partial charge in [0.15, 0.2) is 0 Å². The molecule has 2 nitrogen and oxygen atoms in total. The molecular formula is C16H19BrN2S2. The Morgan fingerprint density at radius 3 is 2.62 bits per heavy atom. The monoisotopic (exact) mass is 382 g/mol. The van der Waals surface area contributed by atoms with Crippen molar-refractivity contribution in [2.45, 2.75) is 29.9 Å². The Balaban J connectivity index is 1.71. The fraction of sp³-hybridized carbons (Fsp3) is 0.438. The Hall–Kier alpha value is -0.390. The van der Waals surface area contributed by atoms with Gasteiger partial charge in [-0.3, -0.25) is 0 Å². The highest BCUT2D eigenvalue weighted by atomic mass is 79.9. The number of hydrogen-bond acceptors (Lipinski definition) is 3. The Kier molecular flexibility index (Phi) is 5.35. The van der Waals surface area contributed by atoms with Gasteiger partial charge < -0.3 is 4.57 Å². The Morgan fingerprint density at radius 2 is 1.95 bits per heavy atom. The predicted molar refractivity (Wildman–Crippen MR) is 97.0 cm³/mol. The third-order valence-electron chi connectivity index (χ3n) is 3.72. The molecule has 1 saturated heterocycles. The predicted octanol–water partition coefficient (Wildman–Crippen LogP) is 4.84. The highest BCUT2D eigenvalue weighted by Gasteiger charge is 2.33. The van der Waals surface area contributed by atoms with E-state index in [9.17, 15) is 0 Å². The minimum Gasteiger partial charge on any atom is -0.337 e. The average molecular weight is 383 g/mol. The molecule has 0 amide bonds. The van der Waals surface area contributed by atoms with E-state index < -0.39 is 0 Å². The molecule has 0 unspecified atom stereocenters. The summed E-state index contributed by atoms with van der Waals surface area (Å²) in [6, 6.07) is 8.80. The lowest BCUT2D eigenvalue weighted by molar-refractivity contribution is 0.592. The highest BCUT2D eigenvalue weighted by Crippen LogP contribution is 2.47. The van der Waals surface area contributed by atoms with Crippen LogP contribution >= 0.6 is 39.5 Å². The van der Waals surface area contributed by atoms with Gasteiger partial charge >= 0.3 is 0 Å². The third-order valence-corrected chi connectivity index (χ3v) is 7.69. The van der Waals surface area contributed by atoms with Crippen LogP contribution in [0, 0.1) is 0 Å². The van der Waals surface area contributed by atoms with Gasteiger partial charge in [0.05, 0.1) is 10.4 Å². The molecule has 1 aromatic heterocycles. The first-order valence-corrected chi connectivity index (χ1v) is 10.0. The second-order valence-electron chi connectivity index (χ2n) is 5.31. The van der Waals surface area contributed by atoms with E-state index in [-0.39, 0.29) is 0 Å². The van der Waals surface area contributed by atoms with Gasteiger partial charge in [0.25, 0.3) is 0 Å². The summed E-state index contributed by atoms with van der Waals surface area (Å²) in [5, 5.41) is 0. The summed E-state index contributed by atoms with van der Waals surface area (Å²) in [4.78, 5) is 4.15. The van der Waals surface area contributed by atoms with E-state index in [4.69, 9.17) is 0 Å². The SMILES string of the molecule is Brc1ccc(CC2(CCn3ccnc3)SCCCS2)cc1. The van der Waals surface area contributed by atoms with Crippen LogP contribution in [0.15, 0.2) is 47.5 Å². The van der Waals surface area contributed by atoms with Gasteiger partial charge in [-0.1, -0.05) is 28.1 Å². The van der Waals surface area contributed by atoms with Gasteiger partial charge in [0, 0.05) is 23.4 Å². The summed E-state index contributed by atoms with van der Waals surface area (Å²) in [7, 11) is 0. The molecule has 0 spiro atoms. The van der Waals surface area contributed by atoms with E-state index in [1.807, 2.05) is 12.5 Å². The molecule has 0 aliphatic carbocycles. The van der Waals surface area contributed by atoms with Crippen LogP contribution in [0.2, 0.25) is 0 Å². The van der Waals surface area contributed by atoms with Crippen molar-refractivity contribution in [3.8, 4) is 0 Å². The molecule has 1 aliphatic heterocycles. The molecule has 1 aliphatic rings. The highest BCUT2D eigenvalue weighted by molar-refractivity contribution is 9.10. The second-order valence-corrected chi connectivity index (χ2v) is 9.45. The molecule has 21 heavy (non-hydrogen) atoms. The van der Waals surface area contributed by atoms with Gasteiger partial charge in [0.1, 0.15) is 0 Å². The van der Waals surface area contributed by atoms with Crippen LogP contribution in [-0.2, 0) is 13.0 Å². The van der Waals surface area contributed by atoms with Crippen molar-refractivity contribution in [2.24, 2.45) is 0 Å². The van der Waals surface area contributed by atoms with Crippen LogP contribution in [0.4, 0.5) is 0 Å². The van der Waals surface area contributed by atoms with Crippen molar-refractivity contribution >= 4 is 39.5 Å². The molecule has 3 rings (SSSR count). The molecular weight excluding hydrogens is 364 g/mol. The van der Waals surface area contributed by atoms with Crippen molar-refractivity contribution in [1.82, 2.24) is 9.55 Å². The van der Waals surface area contributed by atoms with Crippen molar-refractivity contribution in [1.29, 1.82) is 0 Å². The number of aromatic nitrogens is 2. The standard InChI is InChI=1S/C16H19BrN2S2/c17-15-4-2-14(3-5-15)12-16(20-10-1-11-21-16)6-8-19-9-7-18-13-19/h2-5,7,9,13H,1,6,8,10-12H2. The Bertz CT molecular complexity index is 548. The maximum Gasteiger partial charge on any atom is 0.0945 e. The van der Waals surface area contributed by atoms with E-state index in [2.05, 4.69) is 79.5 Å². The van der Waals surface area contributed by atoms with Gasteiger partial charge in [-0.2, -0.15) is 0 Å². The molecule has 112 valence electrons. The lowest BCUT2D eigenvalue weighted by Gasteiger charge is -2.36.